The molecule has 0 atom stereocenters. The first-order chi connectivity index (χ1) is 13.4. The molecule has 0 saturated heterocycles. The Bertz CT molecular complexity index is 984. The van der Waals surface area contributed by atoms with E-state index in [1.54, 1.807) is 39.0 Å². The van der Waals surface area contributed by atoms with E-state index in [9.17, 15) is 22.8 Å². The van der Waals surface area contributed by atoms with Gasteiger partial charge in [-0.3, -0.25) is 4.79 Å². The molecule has 0 bridgehead atoms. The van der Waals surface area contributed by atoms with Crippen molar-refractivity contribution in [1.29, 1.82) is 0 Å². The Morgan fingerprint density at radius 2 is 1.79 bits per heavy atom. The summed E-state index contributed by atoms with van der Waals surface area (Å²) in [5, 5.41) is 0. The molecule has 0 unspecified atom stereocenters. The van der Waals surface area contributed by atoms with Gasteiger partial charge in [-0.15, -0.1) is 0 Å². The predicted molar refractivity (Wildman–Crippen MR) is 104 cm³/mol. The highest BCUT2D eigenvalue weighted by molar-refractivity contribution is 7.98. The SMILES string of the molecule is CC(C)(C)OC(=O)N1Cc2cccc(-c3ccc(N)cc3C(=O)C(F)(F)F)c2S1. The highest BCUT2D eigenvalue weighted by Crippen LogP contribution is 2.44. The molecular formula is C20H19F3N2O3S. The van der Waals surface area contributed by atoms with E-state index in [0.717, 1.165) is 23.6 Å². The van der Waals surface area contributed by atoms with Gasteiger partial charge in [-0.05, 0) is 61.5 Å². The van der Waals surface area contributed by atoms with Crippen molar-refractivity contribution in [2.45, 2.75) is 44.0 Å². The first-order valence-electron chi connectivity index (χ1n) is 8.68. The number of nitrogens with two attached hydrogens (primary N) is 1. The maximum absolute atomic E-state index is 13.1. The number of fused-ring (bicyclic) bond motifs is 1. The van der Waals surface area contributed by atoms with Crippen LogP contribution in [0.1, 0.15) is 36.7 Å². The van der Waals surface area contributed by atoms with Gasteiger partial charge in [0.05, 0.1) is 6.54 Å². The Morgan fingerprint density at radius 3 is 2.41 bits per heavy atom. The van der Waals surface area contributed by atoms with Crippen LogP contribution < -0.4 is 5.73 Å². The van der Waals surface area contributed by atoms with E-state index in [4.69, 9.17) is 10.5 Å². The van der Waals surface area contributed by atoms with Crippen LogP contribution in [0.3, 0.4) is 0 Å². The molecule has 0 radical (unpaired) electrons. The summed E-state index contributed by atoms with van der Waals surface area (Å²) < 4.78 is 46.0. The number of amides is 1. The van der Waals surface area contributed by atoms with Crippen LogP contribution in [0.5, 0.6) is 0 Å². The maximum Gasteiger partial charge on any atom is 0.454 e. The molecule has 3 rings (SSSR count). The van der Waals surface area contributed by atoms with E-state index < -0.39 is 29.2 Å². The van der Waals surface area contributed by atoms with Crippen LogP contribution in [0, 0.1) is 0 Å². The second-order valence-corrected chi connectivity index (χ2v) is 8.57. The molecule has 2 aromatic carbocycles. The summed E-state index contributed by atoms with van der Waals surface area (Å²) in [6, 6.07) is 8.91. The molecule has 2 N–H and O–H groups in total. The van der Waals surface area contributed by atoms with E-state index >= 15 is 0 Å². The van der Waals surface area contributed by atoms with Crippen molar-refractivity contribution >= 4 is 29.5 Å². The lowest BCUT2D eigenvalue weighted by molar-refractivity contribution is -0.0884. The number of anilines is 1. The third kappa shape index (κ3) is 4.50. The molecule has 1 amide bonds. The lowest BCUT2D eigenvalue weighted by Gasteiger charge is -2.23. The van der Waals surface area contributed by atoms with Crippen LogP contribution in [-0.4, -0.2) is 28.0 Å². The number of ketones is 1. The fraction of sp³-hybridized carbons (Fsp3) is 0.300. The highest BCUT2D eigenvalue weighted by Gasteiger charge is 2.41. The average molecular weight is 424 g/mol. The molecule has 29 heavy (non-hydrogen) atoms. The normalized spacial score (nSPS) is 13.9. The number of halogens is 3. The summed E-state index contributed by atoms with van der Waals surface area (Å²) in [4.78, 5) is 25.0. The fourth-order valence-corrected chi connectivity index (χ4v) is 3.94. The summed E-state index contributed by atoms with van der Waals surface area (Å²) in [6.07, 6.45) is -5.58. The number of nitrogen functional groups attached to an aromatic ring is 1. The van der Waals surface area contributed by atoms with Crippen LogP contribution in [0.15, 0.2) is 41.3 Å². The number of ether oxygens (including phenoxy) is 1. The second-order valence-electron chi connectivity index (χ2n) is 7.53. The van der Waals surface area contributed by atoms with Crippen molar-refractivity contribution in [1.82, 2.24) is 4.31 Å². The van der Waals surface area contributed by atoms with Crippen molar-refractivity contribution in [3.8, 4) is 11.1 Å². The lowest BCUT2D eigenvalue weighted by atomic mass is 9.95. The molecule has 9 heteroatoms. The average Bonchev–Trinajstić information content (AvgIpc) is 3.03. The maximum atomic E-state index is 13.1. The van der Waals surface area contributed by atoms with Crippen molar-refractivity contribution < 1.29 is 27.5 Å². The first kappa shape index (κ1) is 21.0. The molecule has 0 aromatic heterocycles. The van der Waals surface area contributed by atoms with Crippen LogP contribution in [0.4, 0.5) is 23.7 Å². The van der Waals surface area contributed by atoms with Gasteiger partial charge in [0.15, 0.2) is 0 Å². The molecule has 2 aromatic rings. The zero-order valence-corrected chi connectivity index (χ0v) is 16.8. The van der Waals surface area contributed by atoms with Gasteiger partial charge >= 0.3 is 12.3 Å². The molecule has 0 aliphatic carbocycles. The zero-order valence-electron chi connectivity index (χ0n) is 16.0. The van der Waals surface area contributed by atoms with Gasteiger partial charge in [-0.1, -0.05) is 24.3 Å². The number of hydrogen-bond acceptors (Lipinski definition) is 5. The van der Waals surface area contributed by atoms with Crippen molar-refractivity contribution in [3.05, 3.63) is 47.5 Å². The largest absolute Gasteiger partial charge is 0.454 e. The van der Waals surface area contributed by atoms with E-state index in [1.807, 2.05) is 0 Å². The molecule has 0 spiro atoms. The Morgan fingerprint density at radius 1 is 1.10 bits per heavy atom. The van der Waals surface area contributed by atoms with E-state index in [-0.39, 0.29) is 17.8 Å². The topological polar surface area (TPSA) is 72.6 Å². The van der Waals surface area contributed by atoms with Gasteiger partial charge in [0.2, 0.25) is 0 Å². The standard InChI is InChI=1S/C20H19F3N2O3S/c1-19(2,3)28-18(27)25-10-11-5-4-6-14(16(11)29-25)13-8-7-12(24)9-15(13)17(26)20(21,22)23/h4-9H,10,24H2,1-3H3. The Balaban J connectivity index is 2.02. The number of Topliss-reactive ketones (excluding diaryl/α,β-unsaturated/α-hetero) is 1. The summed E-state index contributed by atoms with van der Waals surface area (Å²) in [5.74, 6) is -1.97. The van der Waals surface area contributed by atoms with Gasteiger partial charge in [0, 0.05) is 16.1 Å². The van der Waals surface area contributed by atoms with E-state index in [1.165, 1.54) is 16.4 Å². The molecule has 0 fully saturated rings. The number of benzene rings is 2. The third-order valence-corrected chi connectivity index (χ3v) is 5.21. The predicted octanol–water partition coefficient (Wildman–Crippen LogP) is 5.44. The molecule has 5 nitrogen and oxygen atoms in total. The number of carbonyl (C=O) groups is 2. The molecule has 1 heterocycles. The first-order valence-corrected chi connectivity index (χ1v) is 9.46. The van der Waals surface area contributed by atoms with Gasteiger partial charge in [0.25, 0.3) is 5.78 Å². The summed E-state index contributed by atoms with van der Waals surface area (Å²) in [7, 11) is 0. The number of rotatable bonds is 2. The number of hydrogen-bond donors (Lipinski definition) is 1. The van der Waals surface area contributed by atoms with Crippen molar-refractivity contribution in [3.63, 3.8) is 0 Å². The molecule has 1 aliphatic rings. The van der Waals surface area contributed by atoms with Gasteiger partial charge in [0.1, 0.15) is 5.60 Å². The highest BCUT2D eigenvalue weighted by atomic mass is 32.2. The van der Waals surface area contributed by atoms with Crippen LogP contribution in [-0.2, 0) is 11.3 Å². The van der Waals surface area contributed by atoms with Crippen LogP contribution >= 0.6 is 11.9 Å². The minimum Gasteiger partial charge on any atom is -0.443 e. The summed E-state index contributed by atoms with van der Waals surface area (Å²) >= 11 is 1.07. The Labute approximate surface area is 170 Å². The molecule has 1 aliphatic heterocycles. The smallest absolute Gasteiger partial charge is 0.443 e. The van der Waals surface area contributed by atoms with Crippen LogP contribution in [0.2, 0.25) is 0 Å². The minimum absolute atomic E-state index is 0.0527. The van der Waals surface area contributed by atoms with Crippen molar-refractivity contribution in [2.75, 3.05) is 5.73 Å². The summed E-state index contributed by atoms with van der Waals surface area (Å²) in [5.41, 5.74) is 5.75. The van der Waals surface area contributed by atoms with E-state index in [2.05, 4.69) is 0 Å². The second kappa shape index (κ2) is 7.29. The van der Waals surface area contributed by atoms with Crippen LogP contribution in [0.25, 0.3) is 11.1 Å². The molecule has 0 saturated carbocycles. The Hall–Kier alpha value is -2.68. The fourth-order valence-electron chi connectivity index (χ4n) is 2.88. The third-order valence-electron chi connectivity index (χ3n) is 4.05. The Kier molecular flexibility index (Phi) is 5.29. The number of nitrogens with zero attached hydrogens (tertiary/aromatic N) is 1. The minimum atomic E-state index is -5.03. The zero-order chi connectivity index (χ0) is 21.6. The van der Waals surface area contributed by atoms with Gasteiger partial charge < -0.3 is 10.5 Å². The lowest BCUT2D eigenvalue weighted by Crippen LogP contribution is -2.30. The van der Waals surface area contributed by atoms with Gasteiger partial charge in [-0.25, -0.2) is 9.10 Å². The number of carbonyl (C=O) groups excluding carboxylic acids is 2. The number of alkyl halides is 3. The van der Waals surface area contributed by atoms with Crippen molar-refractivity contribution in [2.24, 2.45) is 0 Å². The molecule has 154 valence electrons. The van der Waals surface area contributed by atoms with Gasteiger partial charge in [-0.2, -0.15) is 13.2 Å². The monoisotopic (exact) mass is 424 g/mol. The quantitative estimate of drug-likeness (QED) is 0.395. The summed E-state index contributed by atoms with van der Waals surface area (Å²) in [6.45, 7) is 5.47. The van der Waals surface area contributed by atoms with E-state index in [0.29, 0.717) is 10.5 Å². The molecular weight excluding hydrogens is 405 g/mol.